The molecule has 88 valence electrons. The zero-order chi connectivity index (χ0) is 12.3. The first-order valence-corrected chi connectivity index (χ1v) is 5.04. The molecule has 2 aromatic heterocycles. The Labute approximate surface area is 97.9 Å². The first-order chi connectivity index (χ1) is 8.16. The number of carbonyl (C=O) groups excluding carboxylic acids is 1. The van der Waals surface area contributed by atoms with Crippen LogP contribution in [0.15, 0.2) is 34.1 Å². The highest BCUT2D eigenvalue weighted by molar-refractivity contribution is 5.92. The van der Waals surface area contributed by atoms with Gasteiger partial charge in [0.1, 0.15) is 0 Å². The quantitative estimate of drug-likeness (QED) is 0.635. The lowest BCUT2D eigenvalue weighted by Gasteiger charge is -1.94. The second-order valence-corrected chi connectivity index (χ2v) is 3.52. The second kappa shape index (κ2) is 4.65. The van der Waals surface area contributed by atoms with E-state index in [1.807, 2.05) is 20.2 Å². The fourth-order valence-electron chi connectivity index (χ4n) is 1.37. The maximum Gasteiger partial charge on any atom is 0.307 e. The Morgan fingerprint density at radius 1 is 1.65 bits per heavy atom. The zero-order valence-electron chi connectivity index (χ0n) is 9.54. The highest BCUT2D eigenvalue weighted by atomic mass is 16.3. The highest BCUT2D eigenvalue weighted by Crippen LogP contribution is 2.01. The third-order valence-corrected chi connectivity index (χ3v) is 2.17. The number of rotatable bonds is 3. The normalized spacial score (nSPS) is 10.9. The fourth-order valence-corrected chi connectivity index (χ4v) is 1.37. The van der Waals surface area contributed by atoms with E-state index >= 15 is 0 Å². The van der Waals surface area contributed by atoms with E-state index in [9.17, 15) is 4.79 Å². The lowest BCUT2D eigenvalue weighted by molar-refractivity contribution is 0.0927. The standard InChI is InChI=1S/C11H12N4O2/c1-8-9(7-15(2)14-8)6-12-13-11(16)10-4-3-5-17-10/h3-7H,1-2H3,(H,13,16). The first-order valence-electron chi connectivity index (χ1n) is 5.04. The van der Waals surface area contributed by atoms with E-state index in [2.05, 4.69) is 15.6 Å². The number of carbonyl (C=O) groups is 1. The van der Waals surface area contributed by atoms with Crippen molar-refractivity contribution in [1.82, 2.24) is 15.2 Å². The van der Waals surface area contributed by atoms with E-state index < -0.39 is 0 Å². The van der Waals surface area contributed by atoms with E-state index in [1.165, 1.54) is 6.26 Å². The van der Waals surface area contributed by atoms with Crippen molar-refractivity contribution in [2.45, 2.75) is 6.92 Å². The van der Waals surface area contributed by atoms with Gasteiger partial charge in [0, 0.05) is 18.8 Å². The molecule has 0 atom stereocenters. The molecule has 0 bridgehead atoms. The van der Waals surface area contributed by atoms with Crippen LogP contribution in [0.3, 0.4) is 0 Å². The van der Waals surface area contributed by atoms with Crippen LogP contribution in [0.4, 0.5) is 0 Å². The van der Waals surface area contributed by atoms with Crippen molar-refractivity contribution in [3.8, 4) is 0 Å². The smallest absolute Gasteiger partial charge is 0.307 e. The summed E-state index contributed by atoms with van der Waals surface area (Å²) in [5, 5.41) is 7.99. The van der Waals surface area contributed by atoms with E-state index in [1.54, 1.807) is 23.0 Å². The molecule has 2 rings (SSSR count). The second-order valence-electron chi connectivity index (χ2n) is 3.52. The van der Waals surface area contributed by atoms with Crippen molar-refractivity contribution in [1.29, 1.82) is 0 Å². The molecule has 6 nitrogen and oxygen atoms in total. The Hall–Kier alpha value is -2.37. The first kappa shape index (κ1) is 11.1. The summed E-state index contributed by atoms with van der Waals surface area (Å²) in [7, 11) is 1.83. The average Bonchev–Trinajstić information content (AvgIpc) is 2.89. The Bertz CT molecular complexity index is 540. The Kier molecular flexibility index (Phi) is 3.04. The molecule has 17 heavy (non-hydrogen) atoms. The summed E-state index contributed by atoms with van der Waals surface area (Å²) in [4.78, 5) is 11.4. The molecule has 0 saturated heterocycles. The van der Waals surface area contributed by atoms with Crippen molar-refractivity contribution in [2.75, 3.05) is 0 Å². The Balaban J connectivity index is 1.99. The van der Waals surface area contributed by atoms with Gasteiger partial charge in [0.15, 0.2) is 5.76 Å². The van der Waals surface area contributed by atoms with E-state index in [0.717, 1.165) is 11.3 Å². The molecule has 6 heteroatoms. The molecule has 0 spiro atoms. The number of hydrogen-bond acceptors (Lipinski definition) is 4. The predicted octanol–water partition coefficient (Wildman–Crippen LogP) is 1.09. The van der Waals surface area contributed by atoms with Gasteiger partial charge in [0.2, 0.25) is 0 Å². The van der Waals surface area contributed by atoms with Crippen LogP contribution in [0.25, 0.3) is 0 Å². The third-order valence-electron chi connectivity index (χ3n) is 2.17. The number of hydrazone groups is 1. The molecule has 2 aromatic rings. The lowest BCUT2D eigenvalue weighted by Crippen LogP contribution is -2.16. The minimum atomic E-state index is -0.382. The van der Waals surface area contributed by atoms with Gasteiger partial charge in [-0.05, 0) is 19.1 Å². The minimum Gasteiger partial charge on any atom is -0.459 e. The lowest BCUT2D eigenvalue weighted by atomic mass is 10.3. The summed E-state index contributed by atoms with van der Waals surface area (Å²) in [5.41, 5.74) is 4.07. The van der Waals surface area contributed by atoms with Gasteiger partial charge in [-0.2, -0.15) is 10.2 Å². The maximum atomic E-state index is 11.4. The van der Waals surface area contributed by atoms with Gasteiger partial charge >= 0.3 is 5.91 Å². The molecular formula is C11H12N4O2. The molecule has 0 aliphatic rings. The molecule has 2 heterocycles. The summed E-state index contributed by atoms with van der Waals surface area (Å²) in [6.45, 7) is 1.87. The van der Waals surface area contributed by atoms with Crippen LogP contribution in [-0.2, 0) is 7.05 Å². The van der Waals surface area contributed by atoms with E-state index in [4.69, 9.17) is 4.42 Å². The van der Waals surface area contributed by atoms with Gasteiger partial charge in [0.05, 0.1) is 18.2 Å². The summed E-state index contributed by atoms with van der Waals surface area (Å²) in [5.74, 6) is -0.155. The van der Waals surface area contributed by atoms with Crippen molar-refractivity contribution >= 4 is 12.1 Å². The number of nitrogens with one attached hydrogen (secondary N) is 1. The molecule has 1 amide bonds. The highest BCUT2D eigenvalue weighted by Gasteiger charge is 2.06. The van der Waals surface area contributed by atoms with Gasteiger partial charge in [-0.3, -0.25) is 9.48 Å². The fraction of sp³-hybridized carbons (Fsp3) is 0.182. The van der Waals surface area contributed by atoms with Crippen LogP contribution < -0.4 is 5.43 Å². The summed E-state index contributed by atoms with van der Waals surface area (Å²) in [6, 6.07) is 3.21. The van der Waals surface area contributed by atoms with Gasteiger partial charge in [0.25, 0.3) is 0 Å². The van der Waals surface area contributed by atoms with Gasteiger partial charge < -0.3 is 4.42 Å². The van der Waals surface area contributed by atoms with Crippen molar-refractivity contribution in [3.05, 3.63) is 41.6 Å². The molecule has 0 saturated carbocycles. The van der Waals surface area contributed by atoms with Crippen LogP contribution in [0, 0.1) is 6.92 Å². The van der Waals surface area contributed by atoms with E-state index in [-0.39, 0.29) is 11.7 Å². The molecule has 0 unspecified atom stereocenters. The van der Waals surface area contributed by atoms with Crippen LogP contribution in [0.5, 0.6) is 0 Å². The topological polar surface area (TPSA) is 72.4 Å². The van der Waals surface area contributed by atoms with Crippen molar-refractivity contribution in [2.24, 2.45) is 12.1 Å². The average molecular weight is 232 g/mol. The molecule has 1 N–H and O–H groups in total. The number of aryl methyl sites for hydroxylation is 2. The number of hydrogen-bond donors (Lipinski definition) is 1. The number of aromatic nitrogens is 2. The predicted molar refractivity (Wildman–Crippen MR) is 61.7 cm³/mol. The molecule has 0 aliphatic carbocycles. The van der Waals surface area contributed by atoms with Crippen molar-refractivity contribution in [3.63, 3.8) is 0 Å². The Morgan fingerprint density at radius 3 is 3.06 bits per heavy atom. The van der Waals surface area contributed by atoms with E-state index in [0.29, 0.717) is 0 Å². The zero-order valence-corrected chi connectivity index (χ0v) is 9.54. The van der Waals surface area contributed by atoms with Crippen LogP contribution in [0.1, 0.15) is 21.8 Å². The number of amides is 1. The molecule has 0 aliphatic heterocycles. The van der Waals surface area contributed by atoms with Crippen molar-refractivity contribution < 1.29 is 9.21 Å². The number of furan rings is 1. The SMILES string of the molecule is Cc1nn(C)cc1C=NNC(=O)c1ccco1. The minimum absolute atomic E-state index is 0.227. The van der Waals surface area contributed by atoms with Gasteiger partial charge in [-0.25, -0.2) is 5.43 Å². The maximum absolute atomic E-state index is 11.4. The molecule has 0 fully saturated rings. The van der Waals surface area contributed by atoms with Crippen LogP contribution in [-0.4, -0.2) is 21.9 Å². The summed E-state index contributed by atoms with van der Waals surface area (Å²) in [6.07, 6.45) is 4.80. The summed E-state index contributed by atoms with van der Waals surface area (Å²) >= 11 is 0. The van der Waals surface area contributed by atoms with Crippen LogP contribution >= 0.6 is 0 Å². The summed E-state index contributed by atoms with van der Waals surface area (Å²) < 4.78 is 6.61. The Morgan fingerprint density at radius 2 is 2.47 bits per heavy atom. The monoisotopic (exact) mass is 232 g/mol. The molecule has 0 aromatic carbocycles. The molecule has 0 radical (unpaired) electrons. The van der Waals surface area contributed by atoms with Gasteiger partial charge in [-0.15, -0.1) is 0 Å². The largest absolute Gasteiger partial charge is 0.459 e. The number of nitrogens with zero attached hydrogens (tertiary/aromatic N) is 3. The molecular weight excluding hydrogens is 220 g/mol. The third kappa shape index (κ3) is 2.60. The van der Waals surface area contributed by atoms with Gasteiger partial charge in [-0.1, -0.05) is 0 Å². The van der Waals surface area contributed by atoms with Crippen LogP contribution in [0.2, 0.25) is 0 Å².